The summed E-state index contributed by atoms with van der Waals surface area (Å²) in [6.07, 6.45) is 0.841. The van der Waals surface area contributed by atoms with Crippen LogP contribution in [0.1, 0.15) is 38.7 Å². The molecule has 0 spiro atoms. The van der Waals surface area contributed by atoms with Crippen molar-refractivity contribution < 1.29 is 8.42 Å². The summed E-state index contributed by atoms with van der Waals surface area (Å²) in [6.45, 7) is 5.62. The van der Waals surface area contributed by atoms with Crippen molar-refractivity contribution in [1.82, 2.24) is 0 Å². The smallest absolute Gasteiger partial charge is 0.178 e. The average molecular weight is 255 g/mol. The van der Waals surface area contributed by atoms with E-state index in [1.807, 2.05) is 26.0 Å². The molecule has 4 heteroatoms. The lowest BCUT2D eigenvalue weighted by Gasteiger charge is -2.22. The van der Waals surface area contributed by atoms with Crippen molar-refractivity contribution in [3.05, 3.63) is 29.8 Å². The van der Waals surface area contributed by atoms with Gasteiger partial charge in [0.1, 0.15) is 0 Å². The largest absolute Gasteiger partial charge is 0.327 e. The van der Waals surface area contributed by atoms with Gasteiger partial charge in [-0.15, -0.1) is 0 Å². The van der Waals surface area contributed by atoms with Gasteiger partial charge in [-0.05, 0) is 30.9 Å². The molecule has 0 aliphatic heterocycles. The summed E-state index contributed by atoms with van der Waals surface area (Å²) >= 11 is 0. The highest BCUT2D eigenvalue weighted by atomic mass is 32.2. The van der Waals surface area contributed by atoms with Crippen LogP contribution in [0.4, 0.5) is 0 Å². The Bertz CT molecular complexity index is 466. The maximum Gasteiger partial charge on any atom is 0.178 e. The van der Waals surface area contributed by atoms with Crippen molar-refractivity contribution in [2.75, 3.05) is 5.75 Å². The highest BCUT2D eigenvalue weighted by Gasteiger charge is 2.23. The molecule has 1 rings (SSSR count). The fraction of sp³-hybridized carbons (Fsp3) is 0.538. The molecule has 0 aliphatic rings. The zero-order valence-corrected chi connectivity index (χ0v) is 11.5. The van der Waals surface area contributed by atoms with Crippen molar-refractivity contribution in [3.8, 4) is 0 Å². The lowest BCUT2D eigenvalue weighted by atomic mass is 9.90. The number of hydrogen-bond donors (Lipinski definition) is 1. The van der Waals surface area contributed by atoms with E-state index in [4.69, 9.17) is 5.73 Å². The molecule has 2 unspecified atom stereocenters. The Morgan fingerprint density at radius 2 is 1.82 bits per heavy atom. The predicted molar refractivity (Wildman–Crippen MR) is 70.9 cm³/mol. The van der Waals surface area contributed by atoms with Crippen LogP contribution in [0, 0.1) is 0 Å². The van der Waals surface area contributed by atoms with Gasteiger partial charge in [-0.3, -0.25) is 0 Å². The lowest BCUT2D eigenvalue weighted by Crippen LogP contribution is -2.25. The Balaban J connectivity index is 3.35. The van der Waals surface area contributed by atoms with Crippen LogP contribution in [0.15, 0.2) is 29.2 Å². The summed E-state index contributed by atoms with van der Waals surface area (Å²) in [5.74, 6) is 0.215. The van der Waals surface area contributed by atoms with Gasteiger partial charge >= 0.3 is 0 Å². The first-order chi connectivity index (χ1) is 7.94. The van der Waals surface area contributed by atoms with Crippen LogP contribution < -0.4 is 5.73 Å². The summed E-state index contributed by atoms with van der Waals surface area (Å²) in [6, 6.07) is 7.14. The molecule has 0 saturated heterocycles. The van der Waals surface area contributed by atoms with E-state index in [0.717, 1.165) is 12.0 Å². The Labute approximate surface area is 104 Å². The fourth-order valence-electron chi connectivity index (χ4n) is 2.10. The summed E-state index contributed by atoms with van der Waals surface area (Å²) in [5.41, 5.74) is 6.79. The molecule has 0 radical (unpaired) electrons. The number of benzene rings is 1. The second-order valence-electron chi connectivity index (χ2n) is 4.32. The van der Waals surface area contributed by atoms with E-state index < -0.39 is 9.84 Å². The average Bonchev–Trinajstić information content (AvgIpc) is 2.30. The molecule has 0 saturated carbocycles. The highest BCUT2D eigenvalue weighted by molar-refractivity contribution is 7.91. The Morgan fingerprint density at radius 1 is 1.24 bits per heavy atom. The molecule has 0 bridgehead atoms. The molecule has 17 heavy (non-hydrogen) atoms. The SMILES string of the molecule is CCC(c1ccccc1S(=O)(=O)CC)C(C)N. The van der Waals surface area contributed by atoms with Crippen molar-refractivity contribution in [3.63, 3.8) is 0 Å². The van der Waals surface area contributed by atoms with Gasteiger partial charge in [0.15, 0.2) is 9.84 Å². The van der Waals surface area contributed by atoms with Crippen molar-refractivity contribution in [1.29, 1.82) is 0 Å². The molecule has 2 N–H and O–H groups in total. The molecule has 3 nitrogen and oxygen atoms in total. The first kappa shape index (κ1) is 14.2. The molecule has 0 aromatic heterocycles. The Morgan fingerprint density at radius 3 is 2.29 bits per heavy atom. The third-order valence-electron chi connectivity index (χ3n) is 3.11. The minimum absolute atomic E-state index is 0.0480. The van der Waals surface area contributed by atoms with Gasteiger partial charge < -0.3 is 5.73 Å². The number of nitrogens with two attached hydrogens (primary N) is 1. The zero-order chi connectivity index (χ0) is 13.1. The Hall–Kier alpha value is -0.870. The Kier molecular flexibility index (Phi) is 4.71. The third-order valence-corrected chi connectivity index (χ3v) is 4.91. The first-order valence-electron chi connectivity index (χ1n) is 6.01. The molecule has 0 aliphatic carbocycles. The third kappa shape index (κ3) is 3.07. The minimum atomic E-state index is -3.17. The molecular formula is C13H21NO2S. The minimum Gasteiger partial charge on any atom is -0.327 e. The van der Waals surface area contributed by atoms with Gasteiger partial charge in [-0.1, -0.05) is 32.0 Å². The monoisotopic (exact) mass is 255 g/mol. The van der Waals surface area contributed by atoms with Crippen LogP contribution >= 0.6 is 0 Å². The van der Waals surface area contributed by atoms with Gasteiger partial charge in [0.2, 0.25) is 0 Å². The van der Waals surface area contributed by atoms with Gasteiger partial charge in [-0.2, -0.15) is 0 Å². The molecule has 0 heterocycles. The van der Waals surface area contributed by atoms with Gasteiger partial charge in [-0.25, -0.2) is 8.42 Å². The van der Waals surface area contributed by atoms with Crippen molar-refractivity contribution in [2.45, 2.75) is 44.0 Å². The van der Waals surface area contributed by atoms with Gasteiger partial charge in [0, 0.05) is 6.04 Å². The normalized spacial score (nSPS) is 15.5. The van der Waals surface area contributed by atoms with E-state index in [1.165, 1.54) is 0 Å². The number of sulfone groups is 1. The van der Waals surface area contributed by atoms with E-state index in [0.29, 0.717) is 4.90 Å². The van der Waals surface area contributed by atoms with Crippen LogP contribution in [0.25, 0.3) is 0 Å². The predicted octanol–water partition coefficient (Wildman–Crippen LogP) is 2.32. The molecule has 0 amide bonds. The van der Waals surface area contributed by atoms with Gasteiger partial charge in [0.05, 0.1) is 10.6 Å². The van der Waals surface area contributed by atoms with E-state index in [1.54, 1.807) is 19.1 Å². The molecular weight excluding hydrogens is 234 g/mol. The quantitative estimate of drug-likeness (QED) is 0.878. The summed E-state index contributed by atoms with van der Waals surface area (Å²) < 4.78 is 24.0. The molecule has 2 atom stereocenters. The second-order valence-corrected chi connectivity index (χ2v) is 6.56. The van der Waals surface area contributed by atoms with Crippen LogP contribution in [-0.2, 0) is 9.84 Å². The van der Waals surface area contributed by atoms with Crippen molar-refractivity contribution >= 4 is 9.84 Å². The molecule has 96 valence electrons. The van der Waals surface area contributed by atoms with Gasteiger partial charge in [0.25, 0.3) is 0 Å². The van der Waals surface area contributed by atoms with Crippen LogP contribution in [0.2, 0.25) is 0 Å². The number of hydrogen-bond acceptors (Lipinski definition) is 3. The summed E-state index contributed by atoms with van der Waals surface area (Å²) in [7, 11) is -3.17. The molecule has 1 aromatic rings. The van der Waals surface area contributed by atoms with E-state index in [-0.39, 0.29) is 17.7 Å². The standard InChI is InChI=1S/C13H21NO2S/c1-4-11(10(3)14)12-8-6-7-9-13(12)17(15,16)5-2/h6-11H,4-5,14H2,1-3H3. The molecule has 0 fully saturated rings. The second kappa shape index (κ2) is 5.65. The first-order valence-corrected chi connectivity index (χ1v) is 7.66. The highest BCUT2D eigenvalue weighted by Crippen LogP contribution is 2.29. The summed E-state index contributed by atoms with van der Waals surface area (Å²) in [5, 5.41) is 0. The number of rotatable bonds is 5. The van der Waals surface area contributed by atoms with Crippen LogP contribution in [0.3, 0.4) is 0 Å². The summed E-state index contributed by atoms with van der Waals surface area (Å²) in [4.78, 5) is 0.437. The fourth-order valence-corrected chi connectivity index (χ4v) is 3.28. The van der Waals surface area contributed by atoms with E-state index in [2.05, 4.69) is 0 Å². The van der Waals surface area contributed by atoms with E-state index in [9.17, 15) is 8.42 Å². The maximum absolute atomic E-state index is 12.0. The zero-order valence-electron chi connectivity index (χ0n) is 10.7. The lowest BCUT2D eigenvalue weighted by molar-refractivity contribution is 0.540. The van der Waals surface area contributed by atoms with Crippen LogP contribution in [-0.4, -0.2) is 20.2 Å². The molecule has 1 aromatic carbocycles. The van der Waals surface area contributed by atoms with Crippen LogP contribution in [0.5, 0.6) is 0 Å². The topological polar surface area (TPSA) is 60.2 Å². The maximum atomic E-state index is 12.0. The van der Waals surface area contributed by atoms with E-state index >= 15 is 0 Å². The van der Waals surface area contributed by atoms with Crippen molar-refractivity contribution in [2.24, 2.45) is 5.73 Å².